The first kappa shape index (κ1) is 16.6. The van der Waals surface area contributed by atoms with E-state index in [0.717, 1.165) is 41.5 Å². The van der Waals surface area contributed by atoms with Crippen molar-refractivity contribution in [1.82, 2.24) is 29.3 Å². The third-order valence-corrected chi connectivity index (χ3v) is 5.23. The molecule has 136 valence electrons. The van der Waals surface area contributed by atoms with Gasteiger partial charge in [-0.05, 0) is 38.5 Å². The SMILES string of the molecule is Cc1nn(CC(=O)N2CCN(c3ccc4nccn4n3)CC2)c(C)c1C. The average molecular weight is 353 g/mol. The predicted molar refractivity (Wildman–Crippen MR) is 98.2 cm³/mol. The molecular formula is C18H23N7O. The third kappa shape index (κ3) is 2.91. The molecule has 0 saturated carbocycles. The molecule has 3 aromatic rings. The van der Waals surface area contributed by atoms with Gasteiger partial charge in [-0.3, -0.25) is 9.48 Å². The number of anilines is 1. The van der Waals surface area contributed by atoms with Crippen LogP contribution in [0.15, 0.2) is 24.5 Å². The largest absolute Gasteiger partial charge is 0.352 e. The number of carbonyl (C=O) groups is 1. The van der Waals surface area contributed by atoms with E-state index >= 15 is 0 Å². The molecule has 0 aromatic carbocycles. The van der Waals surface area contributed by atoms with Gasteiger partial charge in [-0.25, -0.2) is 9.50 Å². The quantitative estimate of drug-likeness (QED) is 0.708. The normalized spacial score (nSPS) is 15.0. The number of rotatable bonds is 3. The van der Waals surface area contributed by atoms with E-state index < -0.39 is 0 Å². The molecule has 0 aliphatic carbocycles. The number of fused-ring (bicyclic) bond motifs is 1. The Hall–Kier alpha value is -2.90. The molecule has 8 heteroatoms. The Morgan fingerprint density at radius 1 is 1.08 bits per heavy atom. The van der Waals surface area contributed by atoms with Crippen molar-refractivity contribution in [2.75, 3.05) is 31.1 Å². The van der Waals surface area contributed by atoms with Crippen LogP contribution < -0.4 is 4.90 Å². The van der Waals surface area contributed by atoms with Crippen LogP contribution in [-0.2, 0) is 11.3 Å². The van der Waals surface area contributed by atoms with Crippen molar-refractivity contribution in [3.63, 3.8) is 0 Å². The van der Waals surface area contributed by atoms with Crippen LogP contribution in [0, 0.1) is 20.8 Å². The first-order valence-corrected chi connectivity index (χ1v) is 8.86. The van der Waals surface area contributed by atoms with E-state index in [0.29, 0.717) is 19.6 Å². The highest BCUT2D eigenvalue weighted by atomic mass is 16.2. The number of nitrogens with zero attached hydrogens (tertiary/aromatic N) is 7. The summed E-state index contributed by atoms with van der Waals surface area (Å²) in [5, 5.41) is 9.05. The number of hydrogen-bond acceptors (Lipinski definition) is 5. The Kier molecular flexibility index (Phi) is 4.10. The fourth-order valence-corrected chi connectivity index (χ4v) is 3.33. The molecule has 1 fully saturated rings. The van der Waals surface area contributed by atoms with Gasteiger partial charge in [0.15, 0.2) is 5.65 Å². The number of piperazine rings is 1. The van der Waals surface area contributed by atoms with Crippen LogP contribution >= 0.6 is 0 Å². The van der Waals surface area contributed by atoms with Gasteiger partial charge in [-0.1, -0.05) is 0 Å². The van der Waals surface area contributed by atoms with Gasteiger partial charge in [0.2, 0.25) is 5.91 Å². The van der Waals surface area contributed by atoms with Crippen LogP contribution in [0.25, 0.3) is 5.65 Å². The highest BCUT2D eigenvalue weighted by Gasteiger charge is 2.23. The third-order valence-electron chi connectivity index (χ3n) is 5.23. The molecule has 1 aliphatic rings. The first-order valence-electron chi connectivity index (χ1n) is 8.86. The number of aromatic nitrogens is 5. The lowest BCUT2D eigenvalue weighted by Crippen LogP contribution is -2.50. The molecule has 4 rings (SSSR count). The minimum Gasteiger partial charge on any atom is -0.352 e. The number of amides is 1. The Bertz CT molecular complexity index is 950. The van der Waals surface area contributed by atoms with E-state index in [1.54, 1.807) is 10.7 Å². The smallest absolute Gasteiger partial charge is 0.244 e. The zero-order chi connectivity index (χ0) is 18.3. The molecule has 0 spiro atoms. The van der Waals surface area contributed by atoms with Crippen LogP contribution in [0.2, 0.25) is 0 Å². The van der Waals surface area contributed by atoms with Gasteiger partial charge in [-0.15, -0.1) is 5.10 Å². The maximum atomic E-state index is 12.6. The average Bonchev–Trinajstić information content (AvgIpc) is 3.22. The van der Waals surface area contributed by atoms with Crippen molar-refractivity contribution < 1.29 is 4.79 Å². The van der Waals surface area contributed by atoms with E-state index in [-0.39, 0.29) is 5.91 Å². The molecule has 1 saturated heterocycles. The second kappa shape index (κ2) is 6.44. The molecule has 4 heterocycles. The molecule has 0 N–H and O–H groups in total. The molecular weight excluding hydrogens is 330 g/mol. The molecule has 0 radical (unpaired) electrons. The summed E-state index contributed by atoms with van der Waals surface area (Å²) in [4.78, 5) is 21.0. The van der Waals surface area contributed by atoms with Gasteiger partial charge in [0.25, 0.3) is 0 Å². The maximum Gasteiger partial charge on any atom is 0.244 e. The minimum atomic E-state index is 0.119. The Morgan fingerprint density at radius 3 is 2.54 bits per heavy atom. The van der Waals surface area contributed by atoms with Crippen molar-refractivity contribution >= 4 is 17.4 Å². The molecule has 1 amide bonds. The van der Waals surface area contributed by atoms with Gasteiger partial charge in [0, 0.05) is 44.3 Å². The first-order chi connectivity index (χ1) is 12.5. The summed E-state index contributed by atoms with van der Waals surface area (Å²) in [7, 11) is 0. The Morgan fingerprint density at radius 2 is 1.85 bits per heavy atom. The zero-order valence-corrected chi connectivity index (χ0v) is 15.4. The van der Waals surface area contributed by atoms with Crippen LogP contribution in [-0.4, -0.2) is 61.4 Å². The van der Waals surface area contributed by atoms with Gasteiger partial charge in [0.05, 0.1) is 5.69 Å². The summed E-state index contributed by atoms with van der Waals surface area (Å²) in [6.45, 7) is 9.28. The summed E-state index contributed by atoms with van der Waals surface area (Å²) in [6.07, 6.45) is 3.58. The summed E-state index contributed by atoms with van der Waals surface area (Å²) >= 11 is 0. The zero-order valence-electron chi connectivity index (χ0n) is 15.4. The lowest BCUT2D eigenvalue weighted by atomic mass is 10.2. The Labute approximate surface area is 152 Å². The topological polar surface area (TPSA) is 71.6 Å². The predicted octanol–water partition coefficient (Wildman–Crippen LogP) is 1.20. The number of carbonyl (C=O) groups excluding carboxylic acids is 1. The van der Waals surface area contributed by atoms with Crippen molar-refractivity contribution in [2.24, 2.45) is 0 Å². The van der Waals surface area contributed by atoms with Crippen LogP contribution in [0.5, 0.6) is 0 Å². The highest BCUT2D eigenvalue weighted by molar-refractivity contribution is 5.76. The van der Waals surface area contributed by atoms with Crippen molar-refractivity contribution in [1.29, 1.82) is 0 Å². The fraction of sp³-hybridized carbons (Fsp3) is 0.444. The number of aryl methyl sites for hydroxylation is 1. The fourth-order valence-electron chi connectivity index (χ4n) is 3.33. The maximum absolute atomic E-state index is 12.6. The minimum absolute atomic E-state index is 0.119. The lowest BCUT2D eigenvalue weighted by molar-refractivity contribution is -0.132. The second-order valence-corrected chi connectivity index (χ2v) is 6.74. The van der Waals surface area contributed by atoms with E-state index in [9.17, 15) is 4.79 Å². The van der Waals surface area contributed by atoms with Gasteiger partial charge in [0.1, 0.15) is 12.4 Å². The van der Waals surface area contributed by atoms with Crippen LogP contribution in [0.1, 0.15) is 17.0 Å². The van der Waals surface area contributed by atoms with Crippen LogP contribution in [0.3, 0.4) is 0 Å². The Balaban J connectivity index is 1.39. The van der Waals surface area contributed by atoms with Crippen molar-refractivity contribution in [3.8, 4) is 0 Å². The van der Waals surface area contributed by atoms with Crippen LogP contribution in [0.4, 0.5) is 5.82 Å². The number of imidazole rings is 1. The van der Waals surface area contributed by atoms with Gasteiger partial charge in [-0.2, -0.15) is 5.10 Å². The summed E-state index contributed by atoms with van der Waals surface area (Å²) in [5.74, 6) is 1.03. The number of hydrogen-bond donors (Lipinski definition) is 0. The van der Waals surface area contributed by atoms with E-state index in [1.807, 2.05) is 48.7 Å². The second-order valence-electron chi connectivity index (χ2n) is 6.74. The molecule has 0 unspecified atom stereocenters. The standard InChI is InChI=1S/C18H23N7O/c1-13-14(2)20-25(15(13)3)12-18(26)23-10-8-22(9-11-23)17-5-4-16-19-6-7-24(16)21-17/h4-7H,8-12H2,1-3H3. The van der Waals surface area contributed by atoms with E-state index in [1.165, 1.54) is 0 Å². The van der Waals surface area contributed by atoms with Crippen molar-refractivity contribution in [2.45, 2.75) is 27.3 Å². The molecule has 3 aromatic heterocycles. The lowest BCUT2D eigenvalue weighted by Gasteiger charge is -2.35. The van der Waals surface area contributed by atoms with Gasteiger partial charge < -0.3 is 9.80 Å². The summed E-state index contributed by atoms with van der Waals surface area (Å²) < 4.78 is 3.59. The molecule has 8 nitrogen and oxygen atoms in total. The summed E-state index contributed by atoms with van der Waals surface area (Å²) in [5.41, 5.74) is 4.04. The molecule has 0 atom stereocenters. The van der Waals surface area contributed by atoms with E-state index in [4.69, 9.17) is 0 Å². The summed E-state index contributed by atoms with van der Waals surface area (Å²) in [6, 6.07) is 3.95. The molecule has 0 bridgehead atoms. The van der Waals surface area contributed by atoms with E-state index in [2.05, 4.69) is 20.1 Å². The van der Waals surface area contributed by atoms with Gasteiger partial charge >= 0.3 is 0 Å². The molecule has 26 heavy (non-hydrogen) atoms. The highest BCUT2D eigenvalue weighted by Crippen LogP contribution is 2.15. The monoisotopic (exact) mass is 353 g/mol. The molecule has 1 aliphatic heterocycles. The van der Waals surface area contributed by atoms with Crippen molar-refractivity contribution in [3.05, 3.63) is 41.5 Å².